The highest BCUT2D eigenvalue weighted by molar-refractivity contribution is 6.02. The highest BCUT2D eigenvalue weighted by Gasteiger charge is 2.16. The van der Waals surface area contributed by atoms with Crippen molar-refractivity contribution in [2.24, 2.45) is 0 Å². The number of nitrogens with zero attached hydrogens (tertiary/aromatic N) is 1. The van der Waals surface area contributed by atoms with Crippen LogP contribution in [0, 0.1) is 11.3 Å². The van der Waals surface area contributed by atoms with E-state index in [9.17, 15) is 9.59 Å². The second-order valence-corrected chi connectivity index (χ2v) is 3.64. The van der Waals surface area contributed by atoms with E-state index in [1.807, 2.05) is 6.07 Å². The number of nitrogens with one attached hydrogen (secondary N) is 1. The van der Waals surface area contributed by atoms with E-state index in [1.165, 1.54) is 0 Å². The standard InChI is InChI=1S/C14H14N2O3/c1-3-19-14(18)12(8-15)10(2)11-6-4-5-7-13(11)16-9-17/h4-7,9H,3H2,1-2H3,(H,16,17). The predicted molar refractivity (Wildman–Crippen MR) is 71.0 cm³/mol. The van der Waals surface area contributed by atoms with Crippen LogP contribution in [0.1, 0.15) is 19.4 Å². The van der Waals surface area contributed by atoms with Gasteiger partial charge in [0.05, 0.1) is 6.61 Å². The van der Waals surface area contributed by atoms with Gasteiger partial charge in [-0.25, -0.2) is 4.79 Å². The van der Waals surface area contributed by atoms with Gasteiger partial charge in [0.25, 0.3) is 0 Å². The fourth-order valence-corrected chi connectivity index (χ4v) is 1.62. The van der Waals surface area contributed by atoms with Gasteiger partial charge in [-0.15, -0.1) is 0 Å². The van der Waals surface area contributed by atoms with E-state index in [4.69, 9.17) is 10.00 Å². The number of carbonyl (C=O) groups excluding carboxylic acids is 2. The SMILES string of the molecule is CCOC(=O)C(C#N)=C(C)c1ccccc1NC=O. The van der Waals surface area contributed by atoms with Crippen LogP contribution in [-0.4, -0.2) is 19.0 Å². The third-order valence-corrected chi connectivity index (χ3v) is 2.51. The number of nitriles is 1. The van der Waals surface area contributed by atoms with Crippen LogP contribution in [0.25, 0.3) is 5.57 Å². The molecule has 5 heteroatoms. The number of rotatable bonds is 5. The second kappa shape index (κ2) is 6.97. The van der Waals surface area contributed by atoms with Crippen molar-refractivity contribution < 1.29 is 14.3 Å². The molecule has 98 valence electrons. The topological polar surface area (TPSA) is 79.2 Å². The number of benzene rings is 1. The number of hydrogen-bond donors (Lipinski definition) is 1. The largest absolute Gasteiger partial charge is 0.462 e. The lowest BCUT2D eigenvalue weighted by Crippen LogP contribution is -2.08. The van der Waals surface area contributed by atoms with Crippen LogP contribution in [0.3, 0.4) is 0 Å². The lowest BCUT2D eigenvalue weighted by atomic mass is 10.0. The van der Waals surface area contributed by atoms with Crippen molar-refractivity contribution in [2.75, 3.05) is 11.9 Å². The van der Waals surface area contributed by atoms with E-state index in [0.717, 1.165) is 0 Å². The Kier molecular flexibility index (Phi) is 5.30. The van der Waals surface area contributed by atoms with Crippen LogP contribution in [0.15, 0.2) is 29.8 Å². The summed E-state index contributed by atoms with van der Waals surface area (Å²) in [5, 5.41) is 11.6. The molecule has 0 aromatic heterocycles. The molecule has 0 saturated carbocycles. The van der Waals surface area contributed by atoms with E-state index >= 15 is 0 Å². The van der Waals surface area contributed by atoms with Gasteiger partial charge in [-0.3, -0.25) is 4.79 Å². The first kappa shape index (κ1) is 14.5. The normalized spacial score (nSPS) is 11.0. The molecular weight excluding hydrogens is 244 g/mol. The summed E-state index contributed by atoms with van der Waals surface area (Å²) in [4.78, 5) is 22.2. The number of amides is 1. The number of anilines is 1. The molecule has 1 rings (SSSR count). The highest BCUT2D eigenvalue weighted by Crippen LogP contribution is 2.26. The van der Waals surface area contributed by atoms with E-state index in [0.29, 0.717) is 23.2 Å². The maximum atomic E-state index is 11.7. The number of hydrogen-bond acceptors (Lipinski definition) is 4. The zero-order valence-corrected chi connectivity index (χ0v) is 10.8. The Balaban J connectivity index is 3.30. The van der Waals surface area contributed by atoms with Crippen molar-refractivity contribution in [3.8, 4) is 6.07 Å². The van der Waals surface area contributed by atoms with Crippen molar-refractivity contribution in [3.63, 3.8) is 0 Å². The van der Waals surface area contributed by atoms with Gasteiger partial charge in [0.1, 0.15) is 11.6 Å². The van der Waals surface area contributed by atoms with Crippen LogP contribution in [-0.2, 0) is 14.3 Å². The number of allylic oxidation sites excluding steroid dienone is 1. The molecule has 0 atom stereocenters. The Labute approximate surface area is 111 Å². The molecule has 5 nitrogen and oxygen atoms in total. The number of carbonyl (C=O) groups is 2. The van der Waals surface area contributed by atoms with Gasteiger partial charge < -0.3 is 10.1 Å². The zero-order chi connectivity index (χ0) is 14.3. The molecule has 19 heavy (non-hydrogen) atoms. The predicted octanol–water partition coefficient (Wildman–Crippen LogP) is 2.12. The Hall–Kier alpha value is -2.61. The summed E-state index contributed by atoms with van der Waals surface area (Å²) in [6.07, 6.45) is 0.544. The third-order valence-electron chi connectivity index (χ3n) is 2.51. The molecular formula is C14H14N2O3. The Bertz CT molecular complexity index is 556. The summed E-state index contributed by atoms with van der Waals surface area (Å²) < 4.78 is 4.83. The number of para-hydroxylation sites is 1. The average molecular weight is 258 g/mol. The molecule has 1 N–H and O–H groups in total. The van der Waals surface area contributed by atoms with Crippen molar-refractivity contribution in [2.45, 2.75) is 13.8 Å². The van der Waals surface area contributed by atoms with Crippen LogP contribution in [0.5, 0.6) is 0 Å². The van der Waals surface area contributed by atoms with Crippen LogP contribution < -0.4 is 5.32 Å². The highest BCUT2D eigenvalue weighted by atomic mass is 16.5. The summed E-state index contributed by atoms with van der Waals surface area (Å²) >= 11 is 0. The molecule has 0 aliphatic carbocycles. The van der Waals surface area contributed by atoms with Crippen LogP contribution in [0.2, 0.25) is 0 Å². The molecule has 0 radical (unpaired) electrons. The number of esters is 1. The van der Waals surface area contributed by atoms with Gasteiger partial charge in [0.2, 0.25) is 6.41 Å². The lowest BCUT2D eigenvalue weighted by Gasteiger charge is -2.10. The quantitative estimate of drug-likeness (QED) is 0.379. The smallest absolute Gasteiger partial charge is 0.349 e. The summed E-state index contributed by atoms with van der Waals surface area (Å²) in [6.45, 7) is 3.51. The van der Waals surface area contributed by atoms with Gasteiger partial charge >= 0.3 is 5.97 Å². The summed E-state index contributed by atoms with van der Waals surface area (Å²) in [5.41, 5.74) is 1.54. The minimum Gasteiger partial charge on any atom is -0.462 e. The van der Waals surface area contributed by atoms with Crippen LogP contribution >= 0.6 is 0 Å². The second-order valence-electron chi connectivity index (χ2n) is 3.64. The fourth-order valence-electron chi connectivity index (χ4n) is 1.62. The van der Waals surface area contributed by atoms with Gasteiger partial charge in [0.15, 0.2) is 0 Å². The van der Waals surface area contributed by atoms with Gasteiger partial charge in [0, 0.05) is 11.3 Å². The molecule has 1 aromatic carbocycles. The molecule has 0 saturated heterocycles. The van der Waals surface area contributed by atoms with Gasteiger partial charge in [-0.05, 0) is 25.5 Å². The van der Waals surface area contributed by atoms with Gasteiger partial charge in [-0.2, -0.15) is 5.26 Å². The van der Waals surface area contributed by atoms with Gasteiger partial charge in [-0.1, -0.05) is 18.2 Å². The maximum absolute atomic E-state index is 11.7. The van der Waals surface area contributed by atoms with Crippen molar-refractivity contribution in [3.05, 3.63) is 35.4 Å². The van der Waals surface area contributed by atoms with E-state index in [-0.39, 0.29) is 12.2 Å². The molecule has 0 aliphatic heterocycles. The molecule has 1 aromatic rings. The first-order valence-electron chi connectivity index (χ1n) is 5.73. The first-order chi connectivity index (χ1) is 9.15. The Morgan fingerprint density at radius 3 is 2.74 bits per heavy atom. The first-order valence-corrected chi connectivity index (χ1v) is 5.73. The molecule has 0 heterocycles. The van der Waals surface area contributed by atoms with Crippen molar-refractivity contribution in [1.82, 2.24) is 0 Å². The molecule has 0 bridgehead atoms. The third kappa shape index (κ3) is 3.42. The Morgan fingerprint density at radius 2 is 2.16 bits per heavy atom. The monoisotopic (exact) mass is 258 g/mol. The average Bonchev–Trinajstić information content (AvgIpc) is 2.40. The Morgan fingerprint density at radius 1 is 1.47 bits per heavy atom. The minimum atomic E-state index is -0.664. The molecule has 0 fully saturated rings. The number of ether oxygens (including phenoxy) is 1. The maximum Gasteiger partial charge on any atom is 0.349 e. The van der Waals surface area contributed by atoms with E-state index < -0.39 is 5.97 Å². The molecule has 1 amide bonds. The minimum absolute atomic E-state index is 0.0676. The summed E-state index contributed by atoms with van der Waals surface area (Å²) in [6, 6.07) is 8.76. The zero-order valence-electron chi connectivity index (χ0n) is 10.8. The summed E-state index contributed by atoms with van der Waals surface area (Å²) in [5.74, 6) is -0.664. The molecule has 0 spiro atoms. The lowest BCUT2D eigenvalue weighted by molar-refractivity contribution is -0.137. The molecule has 0 aliphatic rings. The molecule has 0 unspecified atom stereocenters. The van der Waals surface area contributed by atoms with Crippen molar-refractivity contribution in [1.29, 1.82) is 5.26 Å². The van der Waals surface area contributed by atoms with E-state index in [1.54, 1.807) is 38.1 Å². The van der Waals surface area contributed by atoms with Crippen LogP contribution in [0.4, 0.5) is 5.69 Å². The van der Waals surface area contributed by atoms with Crippen molar-refractivity contribution >= 4 is 23.6 Å². The summed E-state index contributed by atoms with van der Waals surface area (Å²) in [7, 11) is 0. The fraction of sp³-hybridized carbons (Fsp3) is 0.214. The van der Waals surface area contributed by atoms with E-state index in [2.05, 4.69) is 5.32 Å².